The highest BCUT2D eigenvalue weighted by Gasteiger charge is 2.25. The summed E-state index contributed by atoms with van der Waals surface area (Å²) < 4.78 is 14.0. The molecule has 5 heteroatoms. The molecule has 1 heterocycles. The number of benzene rings is 1. The average Bonchev–Trinajstić information content (AvgIpc) is 2.46. The maximum Gasteiger partial charge on any atom is 0.256 e. The molecule has 0 spiro atoms. The lowest BCUT2D eigenvalue weighted by molar-refractivity contribution is 0.0646. The maximum absolute atomic E-state index is 14.0. The van der Waals surface area contributed by atoms with E-state index in [0.717, 1.165) is 18.5 Å². The van der Waals surface area contributed by atoms with Crippen LogP contribution in [0.25, 0.3) is 0 Å². The van der Waals surface area contributed by atoms with Crippen molar-refractivity contribution < 1.29 is 14.3 Å². The van der Waals surface area contributed by atoms with E-state index in [1.54, 1.807) is 21.9 Å². The Labute approximate surface area is 118 Å². The number of rotatable bonds is 3. The van der Waals surface area contributed by atoms with Crippen LogP contribution >= 0.6 is 0 Å². The van der Waals surface area contributed by atoms with E-state index in [0.29, 0.717) is 13.1 Å². The summed E-state index contributed by atoms with van der Waals surface area (Å²) in [6.45, 7) is 1.33. The summed E-state index contributed by atoms with van der Waals surface area (Å²) in [4.78, 5) is 15.8. The number of halogens is 1. The molecule has 0 unspecified atom stereocenters. The molecule has 1 saturated heterocycles. The van der Waals surface area contributed by atoms with E-state index in [1.807, 2.05) is 14.1 Å². The maximum atomic E-state index is 14.0. The van der Waals surface area contributed by atoms with Crippen LogP contribution in [-0.4, -0.2) is 49.7 Å². The standard InChI is InChI=1S/C15H21FN2O2/c1-17(2)12-3-4-13(14(16)9-12)15(20)18-7-5-11(10-19)6-8-18/h3-4,9,11,19H,5-8,10H2,1-2H3. The summed E-state index contributed by atoms with van der Waals surface area (Å²) in [5.41, 5.74) is 0.857. The number of hydrogen-bond donors (Lipinski definition) is 1. The molecule has 1 aromatic rings. The van der Waals surface area contributed by atoms with Crippen LogP contribution < -0.4 is 4.90 Å². The quantitative estimate of drug-likeness (QED) is 0.917. The molecule has 1 fully saturated rings. The van der Waals surface area contributed by atoms with Gasteiger partial charge in [-0.3, -0.25) is 4.79 Å². The van der Waals surface area contributed by atoms with E-state index in [1.165, 1.54) is 6.07 Å². The minimum absolute atomic E-state index is 0.123. The van der Waals surface area contributed by atoms with Crippen molar-refractivity contribution in [2.24, 2.45) is 5.92 Å². The van der Waals surface area contributed by atoms with Crippen LogP contribution in [0.1, 0.15) is 23.2 Å². The van der Waals surface area contributed by atoms with Crippen molar-refractivity contribution in [2.75, 3.05) is 38.7 Å². The number of carbonyl (C=O) groups excluding carboxylic acids is 1. The Hall–Kier alpha value is -1.62. The molecule has 4 nitrogen and oxygen atoms in total. The largest absolute Gasteiger partial charge is 0.396 e. The molecule has 1 N–H and O–H groups in total. The monoisotopic (exact) mass is 280 g/mol. The van der Waals surface area contributed by atoms with Gasteiger partial charge < -0.3 is 14.9 Å². The van der Waals surface area contributed by atoms with Crippen LogP contribution in [-0.2, 0) is 0 Å². The first-order valence-corrected chi connectivity index (χ1v) is 6.90. The Morgan fingerprint density at radius 1 is 1.40 bits per heavy atom. The Kier molecular flexibility index (Phi) is 4.60. The van der Waals surface area contributed by atoms with Gasteiger partial charge in [-0.2, -0.15) is 0 Å². The van der Waals surface area contributed by atoms with E-state index in [2.05, 4.69) is 0 Å². The van der Waals surface area contributed by atoms with Crippen LogP contribution in [0.2, 0.25) is 0 Å². The van der Waals surface area contributed by atoms with Crippen molar-refractivity contribution in [1.82, 2.24) is 4.90 Å². The molecule has 0 saturated carbocycles. The van der Waals surface area contributed by atoms with Gasteiger partial charge in [-0.05, 0) is 37.0 Å². The summed E-state index contributed by atoms with van der Waals surface area (Å²) in [6.07, 6.45) is 1.55. The number of likely N-dealkylation sites (tertiary alicyclic amines) is 1. The Morgan fingerprint density at radius 2 is 2.05 bits per heavy atom. The molecule has 2 rings (SSSR count). The Morgan fingerprint density at radius 3 is 2.55 bits per heavy atom. The molecule has 0 bridgehead atoms. The molecule has 0 radical (unpaired) electrons. The molecule has 1 aliphatic heterocycles. The molecule has 1 amide bonds. The number of hydrogen-bond acceptors (Lipinski definition) is 3. The number of aliphatic hydroxyl groups is 1. The summed E-state index contributed by atoms with van der Waals surface area (Å²) in [5, 5.41) is 9.09. The van der Waals surface area contributed by atoms with Gasteiger partial charge in [-0.15, -0.1) is 0 Å². The SMILES string of the molecule is CN(C)c1ccc(C(=O)N2CCC(CO)CC2)c(F)c1. The van der Waals surface area contributed by atoms with E-state index in [4.69, 9.17) is 5.11 Å². The summed E-state index contributed by atoms with van der Waals surface area (Å²) in [5.74, 6) is -0.477. The van der Waals surface area contributed by atoms with Gasteiger partial charge in [0, 0.05) is 39.5 Å². The fraction of sp³-hybridized carbons (Fsp3) is 0.533. The van der Waals surface area contributed by atoms with Crippen molar-refractivity contribution in [3.63, 3.8) is 0 Å². The molecular weight excluding hydrogens is 259 g/mol. The lowest BCUT2D eigenvalue weighted by Crippen LogP contribution is -2.39. The second-order valence-corrected chi connectivity index (χ2v) is 5.48. The first-order chi connectivity index (χ1) is 9.52. The van der Waals surface area contributed by atoms with Crippen molar-refractivity contribution in [3.05, 3.63) is 29.6 Å². The number of nitrogens with zero attached hydrogens (tertiary/aromatic N) is 2. The Bertz CT molecular complexity index is 483. The molecular formula is C15H21FN2O2. The fourth-order valence-electron chi connectivity index (χ4n) is 2.44. The predicted octanol–water partition coefficient (Wildman–Crippen LogP) is 1.74. The minimum Gasteiger partial charge on any atom is -0.396 e. The lowest BCUT2D eigenvalue weighted by Gasteiger charge is -2.31. The molecule has 1 aromatic carbocycles. The van der Waals surface area contributed by atoms with Gasteiger partial charge in [0.05, 0.1) is 5.56 Å². The van der Waals surface area contributed by atoms with E-state index >= 15 is 0 Å². The summed E-state index contributed by atoms with van der Waals surface area (Å²) >= 11 is 0. The lowest BCUT2D eigenvalue weighted by atomic mass is 9.97. The highest BCUT2D eigenvalue weighted by atomic mass is 19.1. The van der Waals surface area contributed by atoms with E-state index in [-0.39, 0.29) is 24.0 Å². The highest BCUT2D eigenvalue weighted by Crippen LogP contribution is 2.22. The van der Waals surface area contributed by atoms with Gasteiger partial charge in [0.15, 0.2) is 0 Å². The minimum atomic E-state index is -0.481. The van der Waals surface area contributed by atoms with Crippen LogP contribution in [0.3, 0.4) is 0 Å². The smallest absolute Gasteiger partial charge is 0.256 e. The second-order valence-electron chi connectivity index (χ2n) is 5.48. The Balaban J connectivity index is 2.10. The van der Waals surface area contributed by atoms with Crippen LogP contribution in [0.4, 0.5) is 10.1 Å². The zero-order valence-electron chi connectivity index (χ0n) is 12.0. The molecule has 0 aromatic heterocycles. The number of amides is 1. The van der Waals surface area contributed by atoms with Gasteiger partial charge in [0.2, 0.25) is 0 Å². The van der Waals surface area contributed by atoms with Crippen LogP contribution in [0, 0.1) is 11.7 Å². The number of piperidine rings is 1. The van der Waals surface area contributed by atoms with Crippen molar-refractivity contribution in [1.29, 1.82) is 0 Å². The topological polar surface area (TPSA) is 43.8 Å². The number of carbonyl (C=O) groups is 1. The highest BCUT2D eigenvalue weighted by molar-refractivity contribution is 5.95. The van der Waals surface area contributed by atoms with E-state index < -0.39 is 5.82 Å². The van der Waals surface area contributed by atoms with Crippen LogP contribution in [0.15, 0.2) is 18.2 Å². The van der Waals surface area contributed by atoms with Gasteiger partial charge in [0.25, 0.3) is 5.91 Å². The first kappa shape index (κ1) is 14.8. The predicted molar refractivity (Wildman–Crippen MR) is 76.4 cm³/mol. The normalized spacial score (nSPS) is 16.3. The van der Waals surface area contributed by atoms with Gasteiger partial charge in [-0.25, -0.2) is 4.39 Å². The van der Waals surface area contributed by atoms with E-state index in [9.17, 15) is 9.18 Å². The average molecular weight is 280 g/mol. The third kappa shape index (κ3) is 3.10. The summed E-state index contributed by atoms with van der Waals surface area (Å²) in [6, 6.07) is 4.68. The first-order valence-electron chi connectivity index (χ1n) is 6.90. The molecule has 20 heavy (non-hydrogen) atoms. The zero-order chi connectivity index (χ0) is 14.7. The molecule has 1 aliphatic rings. The molecule has 0 aliphatic carbocycles. The van der Waals surface area contributed by atoms with Gasteiger partial charge in [0.1, 0.15) is 5.82 Å². The number of anilines is 1. The third-order valence-electron chi connectivity index (χ3n) is 3.86. The molecule has 110 valence electrons. The van der Waals surface area contributed by atoms with Crippen molar-refractivity contribution in [2.45, 2.75) is 12.8 Å². The molecule has 0 atom stereocenters. The van der Waals surface area contributed by atoms with Gasteiger partial charge in [-0.1, -0.05) is 0 Å². The van der Waals surface area contributed by atoms with Crippen LogP contribution in [0.5, 0.6) is 0 Å². The fourth-order valence-corrected chi connectivity index (χ4v) is 2.44. The summed E-state index contributed by atoms with van der Waals surface area (Å²) in [7, 11) is 3.66. The number of aliphatic hydroxyl groups excluding tert-OH is 1. The van der Waals surface area contributed by atoms with Crippen molar-refractivity contribution >= 4 is 11.6 Å². The zero-order valence-corrected chi connectivity index (χ0v) is 12.0. The second kappa shape index (κ2) is 6.22. The van der Waals surface area contributed by atoms with Crippen molar-refractivity contribution in [3.8, 4) is 0 Å². The van der Waals surface area contributed by atoms with Gasteiger partial charge >= 0.3 is 0 Å². The third-order valence-corrected chi connectivity index (χ3v) is 3.86.